The van der Waals surface area contributed by atoms with Crippen LogP contribution in [0.25, 0.3) is 11.4 Å². The van der Waals surface area contributed by atoms with Gasteiger partial charge in [0.2, 0.25) is 11.4 Å². The van der Waals surface area contributed by atoms with Crippen LogP contribution in [0, 0.1) is 6.92 Å². The van der Waals surface area contributed by atoms with Gasteiger partial charge in [0, 0.05) is 0 Å². The number of rotatable bonds is 14. The van der Waals surface area contributed by atoms with Crippen LogP contribution >= 0.6 is 46.6 Å². The molecule has 4 aromatic heterocycles. The van der Waals surface area contributed by atoms with Gasteiger partial charge < -0.3 is 18.9 Å². The summed E-state index contributed by atoms with van der Waals surface area (Å²) in [7, 11) is 0. The Balaban J connectivity index is 1.69. The van der Waals surface area contributed by atoms with E-state index in [-0.39, 0.29) is 59.3 Å². The minimum atomic E-state index is -0.758. The summed E-state index contributed by atoms with van der Waals surface area (Å²) in [5, 5.41) is 25.0. The maximum Gasteiger partial charge on any atom is 0.361 e. The first-order valence-electron chi connectivity index (χ1n) is 14.4. The number of carbonyl (C=O) groups is 4. The molecule has 0 aliphatic heterocycles. The lowest BCUT2D eigenvalue weighted by atomic mass is 10.2. The van der Waals surface area contributed by atoms with Gasteiger partial charge in [0.05, 0.1) is 37.8 Å². The molecule has 49 heavy (non-hydrogen) atoms. The van der Waals surface area contributed by atoms with E-state index < -0.39 is 23.9 Å². The van der Waals surface area contributed by atoms with Crippen LogP contribution in [-0.4, -0.2) is 99.5 Å². The van der Waals surface area contributed by atoms with E-state index in [2.05, 4.69) is 39.8 Å². The van der Waals surface area contributed by atoms with Crippen molar-refractivity contribution in [3.05, 3.63) is 46.5 Å². The minimum Gasteiger partial charge on any atom is -0.461 e. The third kappa shape index (κ3) is 7.60. The topological polar surface area (TPSA) is 218 Å². The Morgan fingerprint density at radius 1 is 0.612 bits per heavy atom. The first-order valence-corrected chi connectivity index (χ1v) is 17.6. The molecule has 0 fully saturated rings. The summed E-state index contributed by atoms with van der Waals surface area (Å²) in [5.74, 6) is -2.90. The predicted octanol–water partition coefficient (Wildman–Crippen LogP) is 3.87. The average Bonchev–Trinajstić information content (AvgIpc) is 3.89. The molecule has 5 rings (SSSR count). The number of ether oxygens (including phenoxy) is 4. The van der Waals surface area contributed by atoms with E-state index in [0.717, 1.165) is 52.2 Å². The summed E-state index contributed by atoms with van der Waals surface area (Å²) < 4.78 is 31.9. The van der Waals surface area contributed by atoms with Gasteiger partial charge in [-0.3, -0.25) is 0 Å². The second-order valence-electron chi connectivity index (χ2n) is 9.21. The van der Waals surface area contributed by atoms with E-state index in [4.69, 9.17) is 18.9 Å². The molecular weight excluding hydrogens is 721 g/mol. The molecule has 5 aromatic rings. The fourth-order valence-electron chi connectivity index (χ4n) is 4.00. The third-order valence-electron chi connectivity index (χ3n) is 6.02. The van der Waals surface area contributed by atoms with Crippen molar-refractivity contribution in [3.8, 4) is 11.4 Å². The van der Waals surface area contributed by atoms with Crippen LogP contribution < -0.4 is 0 Å². The lowest BCUT2D eigenvalue weighted by Crippen LogP contribution is -2.11. The van der Waals surface area contributed by atoms with E-state index in [1.807, 2.05) is 6.92 Å². The lowest BCUT2D eigenvalue weighted by Gasteiger charge is -2.14. The number of aromatic nitrogens is 10. The highest BCUT2D eigenvalue weighted by atomic mass is 32.2. The number of hydrogen-bond acceptors (Lipinski definition) is 20. The molecule has 18 nitrogen and oxygen atoms in total. The summed E-state index contributed by atoms with van der Waals surface area (Å²) >= 11 is 3.76. The zero-order chi connectivity index (χ0) is 35.1. The van der Waals surface area contributed by atoms with Gasteiger partial charge >= 0.3 is 23.9 Å². The van der Waals surface area contributed by atoms with Gasteiger partial charge in [-0.1, -0.05) is 49.0 Å². The fourth-order valence-corrected chi connectivity index (χ4v) is 7.47. The minimum absolute atomic E-state index is 0.0477. The van der Waals surface area contributed by atoms with E-state index >= 15 is 0 Å². The molecule has 0 spiro atoms. The van der Waals surface area contributed by atoms with Crippen molar-refractivity contribution in [3.63, 3.8) is 0 Å². The number of aryl methyl sites for hydroxylation is 1. The van der Waals surface area contributed by atoms with Gasteiger partial charge in [0.15, 0.2) is 11.4 Å². The van der Waals surface area contributed by atoms with Crippen molar-refractivity contribution in [2.45, 2.75) is 53.1 Å². The molecular formula is C27H26N10O8S4. The highest BCUT2D eigenvalue weighted by molar-refractivity contribution is 8.01. The Kier molecular flexibility index (Phi) is 11.6. The summed E-state index contributed by atoms with van der Waals surface area (Å²) in [5.41, 5.74) is 1.08. The molecule has 4 heterocycles. The molecule has 1 aromatic carbocycles. The monoisotopic (exact) mass is 746 g/mol. The second kappa shape index (κ2) is 16.1. The molecule has 0 bridgehead atoms. The Morgan fingerprint density at radius 2 is 1.02 bits per heavy atom. The van der Waals surface area contributed by atoms with Crippen molar-refractivity contribution in [2.75, 3.05) is 26.4 Å². The van der Waals surface area contributed by atoms with E-state index in [1.54, 1.807) is 45.9 Å². The molecule has 0 unspecified atom stereocenters. The van der Waals surface area contributed by atoms with E-state index in [9.17, 15) is 19.2 Å². The van der Waals surface area contributed by atoms with Gasteiger partial charge in [0.1, 0.15) is 18.5 Å². The second-order valence-corrected chi connectivity index (χ2v) is 13.2. The summed E-state index contributed by atoms with van der Waals surface area (Å²) in [6.45, 7) is 8.83. The van der Waals surface area contributed by atoms with Crippen LogP contribution in [0.15, 0.2) is 36.7 Å². The molecule has 0 saturated heterocycles. The maximum absolute atomic E-state index is 13.1. The van der Waals surface area contributed by atoms with E-state index in [0.29, 0.717) is 19.8 Å². The van der Waals surface area contributed by atoms with Crippen molar-refractivity contribution in [1.29, 1.82) is 0 Å². The van der Waals surface area contributed by atoms with Gasteiger partial charge in [-0.15, -0.1) is 20.4 Å². The van der Waals surface area contributed by atoms with E-state index in [1.165, 1.54) is 9.36 Å². The van der Waals surface area contributed by atoms with Crippen molar-refractivity contribution >= 4 is 70.5 Å². The van der Waals surface area contributed by atoms with Gasteiger partial charge in [0.25, 0.3) is 0 Å². The Labute approximate surface area is 294 Å². The van der Waals surface area contributed by atoms with Crippen LogP contribution in [-0.2, 0) is 18.9 Å². The summed E-state index contributed by atoms with van der Waals surface area (Å²) in [6, 6.07) is 5.24. The standard InChI is InChI=1S/C27H26N10O8S4/c1-6-42-22(38)16-20(46-26-18(30-34-48-26)24(40)44-8-3)36(32-28-16)14-11-10-13(5)12-15(14)37-21(17(29-33-37)23(39)43-7-2)47-27-19(31-35-49-27)25(41)45-9-4/h10-12H,6-9H2,1-5H3. The van der Waals surface area contributed by atoms with Gasteiger partial charge in [-0.2, -0.15) is 0 Å². The van der Waals surface area contributed by atoms with Crippen molar-refractivity contribution in [1.82, 2.24) is 49.2 Å². The highest BCUT2D eigenvalue weighted by Crippen LogP contribution is 2.39. The SMILES string of the molecule is CCOC(=O)c1nnsc1Sc1c(C(=O)OCC)nnn1-c1ccc(C)cc1-n1nnc(C(=O)OCC)c1Sc1snnc1C(=O)OCC. The average molecular weight is 747 g/mol. The molecule has 256 valence electrons. The molecule has 0 aliphatic rings. The zero-order valence-electron chi connectivity index (χ0n) is 26.4. The molecule has 0 amide bonds. The Hall–Kier alpha value is -4.80. The highest BCUT2D eigenvalue weighted by Gasteiger charge is 2.31. The van der Waals surface area contributed by atoms with Crippen LogP contribution in [0.3, 0.4) is 0 Å². The summed E-state index contributed by atoms with van der Waals surface area (Å²) in [4.78, 5) is 51.4. The Morgan fingerprint density at radius 3 is 1.45 bits per heavy atom. The molecule has 0 saturated carbocycles. The van der Waals surface area contributed by atoms with Gasteiger partial charge in [-0.05, 0) is 75.4 Å². The normalized spacial score (nSPS) is 11.0. The number of nitrogens with zero attached hydrogens (tertiary/aromatic N) is 10. The van der Waals surface area contributed by atoms with Crippen LogP contribution in [0.5, 0.6) is 0 Å². The quantitative estimate of drug-likeness (QED) is 0.116. The fraction of sp³-hybridized carbons (Fsp3) is 0.333. The number of hydrogen-bond donors (Lipinski definition) is 0. The van der Waals surface area contributed by atoms with Gasteiger partial charge in [-0.25, -0.2) is 28.5 Å². The molecule has 0 atom stereocenters. The number of carbonyl (C=O) groups excluding carboxylic acids is 4. The molecule has 22 heteroatoms. The van der Waals surface area contributed by atoms with Crippen LogP contribution in [0.2, 0.25) is 0 Å². The molecule has 0 radical (unpaired) electrons. The summed E-state index contributed by atoms with van der Waals surface area (Å²) in [6.07, 6.45) is 0. The first kappa shape index (κ1) is 35.5. The molecule has 0 aliphatic carbocycles. The Bertz CT molecular complexity index is 2010. The smallest absolute Gasteiger partial charge is 0.361 e. The number of esters is 4. The van der Waals surface area contributed by atoms with Crippen molar-refractivity contribution in [2.24, 2.45) is 0 Å². The maximum atomic E-state index is 13.1. The predicted molar refractivity (Wildman–Crippen MR) is 173 cm³/mol. The molecule has 0 N–H and O–H groups in total. The third-order valence-corrected chi connectivity index (χ3v) is 9.88. The number of benzene rings is 1. The van der Waals surface area contributed by atoms with Crippen LogP contribution in [0.1, 0.15) is 75.2 Å². The lowest BCUT2D eigenvalue weighted by molar-refractivity contribution is 0.0505. The first-order chi connectivity index (χ1) is 23.7. The zero-order valence-corrected chi connectivity index (χ0v) is 29.7. The van der Waals surface area contributed by atoms with Crippen molar-refractivity contribution < 1.29 is 38.1 Å². The van der Waals surface area contributed by atoms with Crippen LogP contribution in [0.4, 0.5) is 0 Å². The largest absolute Gasteiger partial charge is 0.461 e.